The highest BCUT2D eigenvalue weighted by Crippen LogP contribution is 2.26. The summed E-state index contributed by atoms with van der Waals surface area (Å²) in [6, 6.07) is 9.28. The van der Waals surface area contributed by atoms with Crippen molar-refractivity contribution >= 4 is 45.1 Å². The van der Waals surface area contributed by atoms with Crippen LogP contribution >= 0.6 is 27.7 Å². The van der Waals surface area contributed by atoms with E-state index in [4.69, 9.17) is 5.73 Å². The van der Waals surface area contributed by atoms with Crippen LogP contribution in [0.25, 0.3) is 0 Å². The topological polar surface area (TPSA) is 68.0 Å². The van der Waals surface area contributed by atoms with Crippen LogP contribution in [0.2, 0.25) is 0 Å². The number of amides is 1. The molecule has 0 atom stereocenters. The van der Waals surface area contributed by atoms with Crippen LogP contribution in [0.15, 0.2) is 45.9 Å². The molecule has 1 aromatic carbocycles. The van der Waals surface area contributed by atoms with Crippen LogP contribution in [0.4, 0.5) is 11.5 Å². The number of hydrogen-bond acceptors (Lipinski definition) is 4. The molecule has 104 valence electrons. The molecule has 4 nitrogen and oxygen atoms in total. The number of thioether (sulfide) groups is 1. The molecule has 2 aromatic rings. The minimum absolute atomic E-state index is 0.0911. The van der Waals surface area contributed by atoms with Crippen LogP contribution in [0.5, 0.6) is 0 Å². The number of hydrogen-bond donors (Lipinski definition) is 2. The van der Waals surface area contributed by atoms with E-state index >= 15 is 0 Å². The molecular weight excluding hydrogens is 338 g/mol. The molecule has 0 unspecified atom stereocenters. The molecule has 0 bridgehead atoms. The predicted octanol–water partition coefficient (Wildman–Crippen LogP) is 3.47. The molecule has 0 fully saturated rings. The normalized spacial score (nSPS) is 10.3. The predicted molar refractivity (Wildman–Crippen MR) is 86.9 cm³/mol. The van der Waals surface area contributed by atoms with Crippen LogP contribution in [-0.4, -0.2) is 16.6 Å². The fourth-order valence-electron chi connectivity index (χ4n) is 1.56. The average molecular weight is 352 g/mol. The first-order chi connectivity index (χ1) is 9.56. The van der Waals surface area contributed by atoms with E-state index < -0.39 is 0 Å². The van der Waals surface area contributed by atoms with Crippen LogP contribution in [0.1, 0.15) is 5.56 Å². The number of benzene rings is 1. The van der Waals surface area contributed by atoms with Crippen molar-refractivity contribution in [2.75, 3.05) is 16.8 Å². The first-order valence-electron chi connectivity index (χ1n) is 5.95. The first kappa shape index (κ1) is 14.9. The van der Waals surface area contributed by atoms with Crippen molar-refractivity contribution in [2.45, 2.75) is 11.8 Å². The van der Waals surface area contributed by atoms with Gasteiger partial charge < -0.3 is 11.1 Å². The van der Waals surface area contributed by atoms with Crippen LogP contribution in [-0.2, 0) is 4.79 Å². The molecule has 0 aliphatic rings. The van der Waals surface area contributed by atoms with Gasteiger partial charge in [-0.15, -0.1) is 11.8 Å². The zero-order chi connectivity index (χ0) is 14.5. The molecule has 2 rings (SSSR count). The largest absolute Gasteiger partial charge is 0.398 e. The SMILES string of the molecule is Cc1c(N)cccc1SCC(=O)Nc1ccc(Br)cn1. The maximum atomic E-state index is 11.9. The van der Waals surface area contributed by atoms with Crippen LogP contribution in [0, 0.1) is 6.92 Å². The minimum Gasteiger partial charge on any atom is -0.398 e. The third-order valence-electron chi connectivity index (χ3n) is 2.68. The Morgan fingerprint density at radius 1 is 1.40 bits per heavy atom. The smallest absolute Gasteiger partial charge is 0.235 e. The molecular formula is C14H14BrN3OS. The lowest BCUT2D eigenvalue weighted by Crippen LogP contribution is -2.15. The minimum atomic E-state index is -0.0911. The lowest BCUT2D eigenvalue weighted by molar-refractivity contribution is -0.113. The lowest BCUT2D eigenvalue weighted by atomic mass is 10.2. The quantitative estimate of drug-likeness (QED) is 0.653. The Hall–Kier alpha value is -1.53. The molecule has 1 aromatic heterocycles. The Morgan fingerprint density at radius 2 is 2.20 bits per heavy atom. The summed E-state index contributed by atoms with van der Waals surface area (Å²) in [6.07, 6.45) is 1.64. The number of pyridine rings is 1. The van der Waals surface area contributed by atoms with Gasteiger partial charge in [-0.05, 0) is 52.7 Å². The number of halogens is 1. The van der Waals surface area contributed by atoms with Gasteiger partial charge in [-0.2, -0.15) is 0 Å². The van der Waals surface area contributed by atoms with E-state index in [0.29, 0.717) is 11.6 Å². The van der Waals surface area contributed by atoms with Crippen molar-refractivity contribution in [2.24, 2.45) is 0 Å². The van der Waals surface area contributed by atoms with Gasteiger partial charge in [-0.1, -0.05) is 6.07 Å². The van der Waals surface area contributed by atoms with E-state index in [1.807, 2.05) is 31.2 Å². The number of carbonyl (C=O) groups is 1. The van der Waals surface area contributed by atoms with Gasteiger partial charge in [-0.25, -0.2) is 4.98 Å². The molecule has 0 radical (unpaired) electrons. The molecule has 1 amide bonds. The summed E-state index contributed by atoms with van der Waals surface area (Å²) in [7, 11) is 0. The summed E-state index contributed by atoms with van der Waals surface area (Å²) in [4.78, 5) is 17.0. The fourth-order valence-corrected chi connectivity index (χ4v) is 2.66. The summed E-state index contributed by atoms with van der Waals surface area (Å²) < 4.78 is 0.875. The van der Waals surface area contributed by atoms with Gasteiger partial charge >= 0.3 is 0 Å². The van der Waals surface area contributed by atoms with Crippen molar-refractivity contribution in [1.29, 1.82) is 0 Å². The number of carbonyl (C=O) groups excluding carboxylic acids is 1. The highest BCUT2D eigenvalue weighted by molar-refractivity contribution is 9.10. The summed E-state index contributed by atoms with van der Waals surface area (Å²) in [5.41, 5.74) is 7.58. The number of rotatable bonds is 4. The van der Waals surface area contributed by atoms with Crippen molar-refractivity contribution in [3.8, 4) is 0 Å². The third kappa shape index (κ3) is 3.98. The Morgan fingerprint density at radius 3 is 2.90 bits per heavy atom. The fraction of sp³-hybridized carbons (Fsp3) is 0.143. The van der Waals surface area contributed by atoms with Gasteiger partial charge in [-0.3, -0.25) is 4.79 Å². The Kier molecular flexibility index (Phi) is 5.03. The zero-order valence-electron chi connectivity index (χ0n) is 10.9. The monoisotopic (exact) mass is 351 g/mol. The van der Waals surface area contributed by atoms with Gasteiger partial charge in [0.05, 0.1) is 5.75 Å². The Labute approximate surface area is 130 Å². The molecule has 0 aliphatic heterocycles. The molecule has 20 heavy (non-hydrogen) atoms. The van der Waals surface area contributed by atoms with Crippen molar-refractivity contribution in [3.63, 3.8) is 0 Å². The first-order valence-corrected chi connectivity index (χ1v) is 7.73. The maximum Gasteiger partial charge on any atom is 0.235 e. The second-order valence-electron chi connectivity index (χ2n) is 4.17. The van der Waals surface area contributed by atoms with Gasteiger partial charge in [0.2, 0.25) is 5.91 Å². The van der Waals surface area contributed by atoms with E-state index in [0.717, 1.165) is 20.6 Å². The van der Waals surface area contributed by atoms with E-state index in [2.05, 4.69) is 26.2 Å². The Balaban J connectivity index is 1.92. The van der Waals surface area contributed by atoms with Crippen molar-refractivity contribution in [1.82, 2.24) is 4.98 Å². The average Bonchev–Trinajstić information content (AvgIpc) is 2.43. The molecule has 0 aliphatic carbocycles. The molecule has 6 heteroatoms. The lowest BCUT2D eigenvalue weighted by Gasteiger charge is -2.08. The highest BCUT2D eigenvalue weighted by Gasteiger charge is 2.07. The second-order valence-corrected chi connectivity index (χ2v) is 6.10. The summed E-state index contributed by atoms with van der Waals surface area (Å²) in [6.45, 7) is 1.95. The summed E-state index contributed by atoms with van der Waals surface area (Å²) in [5, 5.41) is 2.75. The Bertz CT molecular complexity index is 616. The van der Waals surface area contributed by atoms with E-state index in [9.17, 15) is 4.79 Å². The number of nitrogens with two attached hydrogens (primary N) is 1. The van der Waals surface area contributed by atoms with Crippen LogP contribution < -0.4 is 11.1 Å². The van der Waals surface area contributed by atoms with Crippen molar-refractivity contribution < 1.29 is 4.79 Å². The maximum absolute atomic E-state index is 11.9. The second kappa shape index (κ2) is 6.76. The summed E-state index contributed by atoms with van der Waals surface area (Å²) >= 11 is 4.76. The molecule has 0 saturated heterocycles. The summed E-state index contributed by atoms with van der Waals surface area (Å²) in [5.74, 6) is 0.775. The number of nitrogens with zero attached hydrogens (tertiary/aromatic N) is 1. The van der Waals surface area contributed by atoms with Crippen LogP contribution in [0.3, 0.4) is 0 Å². The van der Waals surface area contributed by atoms with Gasteiger partial charge in [0.15, 0.2) is 0 Å². The molecule has 3 N–H and O–H groups in total. The highest BCUT2D eigenvalue weighted by atomic mass is 79.9. The standard InChI is InChI=1S/C14H14BrN3OS/c1-9-11(16)3-2-4-12(9)20-8-14(19)18-13-6-5-10(15)7-17-13/h2-7H,8,16H2,1H3,(H,17,18,19). The van der Waals surface area contributed by atoms with E-state index in [1.165, 1.54) is 11.8 Å². The number of anilines is 2. The molecule has 0 spiro atoms. The molecule has 0 saturated carbocycles. The van der Waals surface area contributed by atoms with E-state index in [-0.39, 0.29) is 5.91 Å². The number of nitrogen functional groups attached to an aromatic ring is 1. The van der Waals surface area contributed by atoms with Crippen molar-refractivity contribution in [3.05, 3.63) is 46.6 Å². The van der Waals surface area contributed by atoms with Gasteiger partial charge in [0, 0.05) is 21.3 Å². The van der Waals surface area contributed by atoms with E-state index in [1.54, 1.807) is 12.3 Å². The molecule has 1 heterocycles. The zero-order valence-corrected chi connectivity index (χ0v) is 13.3. The van der Waals surface area contributed by atoms with Gasteiger partial charge in [0.25, 0.3) is 0 Å². The number of nitrogens with one attached hydrogen (secondary N) is 1. The third-order valence-corrected chi connectivity index (χ3v) is 4.31. The van der Waals surface area contributed by atoms with Gasteiger partial charge in [0.1, 0.15) is 5.82 Å². The number of aromatic nitrogens is 1.